The molecule has 2 N–H and O–H groups in total. The van der Waals surface area contributed by atoms with Gasteiger partial charge in [0.2, 0.25) is 0 Å². The van der Waals surface area contributed by atoms with E-state index in [0.717, 1.165) is 0 Å². The van der Waals surface area contributed by atoms with E-state index in [4.69, 9.17) is 5.11 Å². The van der Waals surface area contributed by atoms with Gasteiger partial charge in [-0.2, -0.15) is 0 Å². The van der Waals surface area contributed by atoms with Crippen molar-refractivity contribution in [2.45, 2.75) is 6.42 Å². The van der Waals surface area contributed by atoms with Crippen molar-refractivity contribution in [1.82, 2.24) is 9.97 Å². The van der Waals surface area contributed by atoms with Gasteiger partial charge in [-0.3, -0.25) is 0 Å². The van der Waals surface area contributed by atoms with E-state index < -0.39 is 5.97 Å². The van der Waals surface area contributed by atoms with E-state index in [9.17, 15) is 9.18 Å². The van der Waals surface area contributed by atoms with Gasteiger partial charge in [-0.25, -0.2) is 14.2 Å². The molecule has 16 heavy (non-hydrogen) atoms. The summed E-state index contributed by atoms with van der Waals surface area (Å²) in [5.41, 5.74) is 0.773. The van der Waals surface area contributed by atoms with Gasteiger partial charge in [-0.15, -0.1) is 0 Å². The Hall–Kier alpha value is -2.17. The Balaban J connectivity index is 2.31. The smallest absolute Gasteiger partial charge is 0.356 e. The van der Waals surface area contributed by atoms with Gasteiger partial charge in [0.25, 0.3) is 0 Å². The van der Waals surface area contributed by atoms with Crippen LogP contribution in [-0.2, 0) is 6.42 Å². The van der Waals surface area contributed by atoms with Gasteiger partial charge in [0.15, 0.2) is 5.69 Å². The van der Waals surface area contributed by atoms with E-state index in [1.165, 1.54) is 12.4 Å². The first-order valence-corrected chi connectivity index (χ1v) is 4.67. The summed E-state index contributed by atoms with van der Waals surface area (Å²) < 4.78 is 13.3. The highest BCUT2D eigenvalue weighted by atomic mass is 19.1. The first-order chi connectivity index (χ1) is 7.68. The van der Waals surface area contributed by atoms with E-state index >= 15 is 0 Å². The van der Waals surface area contributed by atoms with E-state index in [1.807, 2.05) is 0 Å². The van der Waals surface area contributed by atoms with Crippen molar-refractivity contribution >= 4 is 5.97 Å². The summed E-state index contributed by atoms with van der Waals surface area (Å²) in [6.45, 7) is 0. The molecule has 2 aromatic rings. The van der Waals surface area contributed by atoms with Crippen LogP contribution in [0.15, 0.2) is 30.6 Å². The average Bonchev–Trinajstić information content (AvgIpc) is 2.69. The molecule has 0 fully saturated rings. The molecule has 0 saturated carbocycles. The van der Waals surface area contributed by atoms with E-state index in [1.54, 1.807) is 18.2 Å². The summed E-state index contributed by atoms with van der Waals surface area (Å²) in [7, 11) is 0. The number of carboxylic acid groups (broad SMARTS) is 1. The Kier molecular flexibility index (Phi) is 2.68. The molecule has 4 nitrogen and oxygen atoms in total. The lowest BCUT2D eigenvalue weighted by Gasteiger charge is -2.01. The zero-order valence-corrected chi connectivity index (χ0v) is 8.27. The van der Waals surface area contributed by atoms with Crippen molar-refractivity contribution in [3.63, 3.8) is 0 Å². The van der Waals surface area contributed by atoms with Crippen LogP contribution in [-0.4, -0.2) is 21.0 Å². The van der Waals surface area contributed by atoms with Crippen LogP contribution >= 0.6 is 0 Å². The number of aromatic carboxylic acids is 1. The monoisotopic (exact) mass is 220 g/mol. The molecule has 0 spiro atoms. The number of halogens is 1. The molecule has 0 bridgehead atoms. The number of imidazole rings is 1. The normalized spacial score (nSPS) is 10.3. The molecule has 0 aliphatic carbocycles. The lowest BCUT2D eigenvalue weighted by Crippen LogP contribution is -2.03. The molecule has 0 atom stereocenters. The van der Waals surface area contributed by atoms with Gasteiger partial charge in [0, 0.05) is 6.42 Å². The molecule has 0 aliphatic heterocycles. The fourth-order valence-electron chi connectivity index (χ4n) is 1.47. The summed E-state index contributed by atoms with van der Waals surface area (Å²) in [6.07, 6.45) is 1.48. The molecule has 0 saturated heterocycles. The van der Waals surface area contributed by atoms with Crippen LogP contribution in [0, 0.1) is 5.82 Å². The molecule has 82 valence electrons. The predicted octanol–water partition coefficient (Wildman–Crippen LogP) is 1.84. The zero-order chi connectivity index (χ0) is 11.5. The topological polar surface area (TPSA) is 66.0 Å². The summed E-state index contributed by atoms with van der Waals surface area (Å²) in [5.74, 6) is -1.47. The lowest BCUT2D eigenvalue weighted by atomic mass is 10.1. The summed E-state index contributed by atoms with van der Waals surface area (Å²) in [5, 5.41) is 8.83. The number of rotatable bonds is 3. The van der Waals surface area contributed by atoms with Crippen LogP contribution in [0.25, 0.3) is 0 Å². The highest BCUT2D eigenvalue weighted by Crippen LogP contribution is 2.13. The molecule has 1 heterocycles. The second-order valence-corrected chi connectivity index (χ2v) is 3.30. The lowest BCUT2D eigenvalue weighted by molar-refractivity contribution is 0.0690. The number of carboxylic acids is 1. The molecular weight excluding hydrogens is 211 g/mol. The molecule has 0 radical (unpaired) electrons. The van der Waals surface area contributed by atoms with Gasteiger partial charge in [-0.05, 0) is 11.6 Å². The second kappa shape index (κ2) is 4.14. The van der Waals surface area contributed by atoms with E-state index in [0.29, 0.717) is 11.3 Å². The molecule has 1 aromatic heterocycles. The number of hydrogen-bond donors (Lipinski definition) is 2. The predicted molar refractivity (Wildman–Crippen MR) is 54.8 cm³/mol. The zero-order valence-electron chi connectivity index (χ0n) is 8.27. The van der Waals surface area contributed by atoms with E-state index in [2.05, 4.69) is 9.97 Å². The van der Waals surface area contributed by atoms with Crippen molar-refractivity contribution in [3.05, 3.63) is 53.4 Å². The number of benzene rings is 1. The maximum absolute atomic E-state index is 13.3. The molecule has 2 rings (SSSR count). The third-order valence-corrected chi connectivity index (χ3v) is 2.25. The fraction of sp³-hybridized carbons (Fsp3) is 0.0909. The number of hydrogen-bond acceptors (Lipinski definition) is 2. The van der Waals surface area contributed by atoms with E-state index in [-0.39, 0.29) is 17.9 Å². The van der Waals surface area contributed by atoms with Crippen molar-refractivity contribution in [2.24, 2.45) is 0 Å². The number of nitrogens with one attached hydrogen (secondary N) is 1. The number of aromatic nitrogens is 2. The van der Waals surface area contributed by atoms with Crippen molar-refractivity contribution < 1.29 is 14.3 Å². The third-order valence-electron chi connectivity index (χ3n) is 2.25. The molecule has 0 aliphatic rings. The maximum Gasteiger partial charge on any atom is 0.356 e. The fourth-order valence-corrected chi connectivity index (χ4v) is 1.47. The van der Waals surface area contributed by atoms with Crippen molar-refractivity contribution in [2.75, 3.05) is 0 Å². The summed E-state index contributed by atoms with van der Waals surface area (Å²) >= 11 is 0. The first kappa shape index (κ1) is 10.4. The molecular formula is C11H9FN2O2. The minimum atomic E-state index is -1.12. The summed E-state index contributed by atoms with van der Waals surface area (Å²) in [6, 6.07) is 6.24. The minimum Gasteiger partial charge on any atom is -0.476 e. The standard InChI is InChI=1S/C11H9FN2O2/c12-8-4-2-1-3-7(8)5-9-10(11(15)16)14-6-13-9/h1-4,6H,5H2,(H,13,14)(H,15,16). The molecule has 0 amide bonds. The van der Waals surface area contributed by atoms with Crippen LogP contribution < -0.4 is 0 Å². The van der Waals surface area contributed by atoms with Gasteiger partial charge in [0.1, 0.15) is 5.82 Å². The number of aromatic amines is 1. The quantitative estimate of drug-likeness (QED) is 0.829. The third kappa shape index (κ3) is 1.93. The molecule has 1 aromatic carbocycles. The largest absolute Gasteiger partial charge is 0.476 e. The van der Waals surface area contributed by atoms with Gasteiger partial charge in [-0.1, -0.05) is 18.2 Å². The Morgan fingerprint density at radius 3 is 2.88 bits per heavy atom. The van der Waals surface area contributed by atoms with Crippen molar-refractivity contribution in [3.8, 4) is 0 Å². The average molecular weight is 220 g/mol. The number of nitrogens with zero attached hydrogens (tertiary/aromatic N) is 1. The van der Waals surface area contributed by atoms with Crippen LogP contribution in [0.4, 0.5) is 4.39 Å². The maximum atomic E-state index is 13.3. The van der Waals surface area contributed by atoms with Gasteiger partial charge >= 0.3 is 5.97 Å². The number of H-pyrrole nitrogens is 1. The second-order valence-electron chi connectivity index (χ2n) is 3.30. The Morgan fingerprint density at radius 1 is 1.44 bits per heavy atom. The highest BCUT2D eigenvalue weighted by molar-refractivity contribution is 5.86. The highest BCUT2D eigenvalue weighted by Gasteiger charge is 2.14. The molecule has 5 heteroatoms. The van der Waals surface area contributed by atoms with Crippen LogP contribution in [0.3, 0.4) is 0 Å². The van der Waals surface area contributed by atoms with Gasteiger partial charge < -0.3 is 10.1 Å². The SMILES string of the molecule is O=C(O)c1nc[nH]c1Cc1ccccc1F. The minimum absolute atomic E-state index is 0.0664. The van der Waals surface area contributed by atoms with Crippen LogP contribution in [0.2, 0.25) is 0 Å². The molecule has 0 unspecified atom stereocenters. The van der Waals surface area contributed by atoms with Crippen LogP contribution in [0.5, 0.6) is 0 Å². The Bertz CT molecular complexity index is 522. The Labute approximate surface area is 90.8 Å². The first-order valence-electron chi connectivity index (χ1n) is 4.67. The van der Waals surface area contributed by atoms with Gasteiger partial charge in [0.05, 0.1) is 12.0 Å². The number of carbonyl (C=O) groups is 1. The summed E-state index contributed by atoms with van der Waals surface area (Å²) in [4.78, 5) is 17.1. The van der Waals surface area contributed by atoms with Crippen LogP contribution in [0.1, 0.15) is 21.7 Å². The van der Waals surface area contributed by atoms with Crippen molar-refractivity contribution in [1.29, 1.82) is 0 Å². The Morgan fingerprint density at radius 2 is 2.19 bits per heavy atom.